The van der Waals surface area contributed by atoms with Gasteiger partial charge in [-0.1, -0.05) is 22.0 Å². The number of urea groups is 1. The lowest BCUT2D eigenvalue weighted by atomic mass is 10.3. The molecule has 0 heterocycles. The maximum Gasteiger partial charge on any atom is 0.387 e. The average Bonchev–Trinajstić information content (AvgIpc) is 2.40. The van der Waals surface area contributed by atoms with Crippen LogP contribution >= 0.6 is 15.9 Å². The Kier molecular flexibility index (Phi) is 5.10. The van der Waals surface area contributed by atoms with Gasteiger partial charge in [-0.2, -0.15) is 8.78 Å². The lowest BCUT2D eigenvalue weighted by Gasteiger charge is -2.09. The summed E-state index contributed by atoms with van der Waals surface area (Å²) in [5.74, 6) is 0.0305. The van der Waals surface area contributed by atoms with Crippen LogP contribution in [0.4, 0.5) is 25.0 Å². The molecule has 2 amide bonds. The Morgan fingerprint density at radius 1 is 1.05 bits per heavy atom. The zero-order chi connectivity index (χ0) is 15.2. The van der Waals surface area contributed by atoms with E-state index in [0.717, 1.165) is 4.47 Å². The van der Waals surface area contributed by atoms with Gasteiger partial charge in [0.05, 0.1) is 0 Å². The van der Waals surface area contributed by atoms with E-state index in [-0.39, 0.29) is 5.75 Å². The molecule has 4 nitrogen and oxygen atoms in total. The SMILES string of the molecule is O=C(Nc1ccc(OC(F)F)cc1)Nc1cccc(Br)c1. The first-order valence-corrected chi connectivity index (χ1v) is 6.71. The smallest absolute Gasteiger partial charge is 0.387 e. The summed E-state index contributed by atoms with van der Waals surface area (Å²) in [6.07, 6.45) is 0. The minimum Gasteiger partial charge on any atom is -0.435 e. The molecule has 2 aromatic rings. The van der Waals surface area contributed by atoms with Crippen molar-refractivity contribution >= 4 is 33.3 Å². The molecule has 0 saturated carbocycles. The fraction of sp³-hybridized carbons (Fsp3) is 0.0714. The number of carbonyl (C=O) groups excluding carboxylic acids is 1. The molecule has 2 N–H and O–H groups in total. The zero-order valence-corrected chi connectivity index (χ0v) is 12.2. The van der Waals surface area contributed by atoms with Gasteiger partial charge in [-0.15, -0.1) is 0 Å². The van der Waals surface area contributed by atoms with Gasteiger partial charge in [0.15, 0.2) is 0 Å². The Morgan fingerprint density at radius 3 is 2.33 bits per heavy atom. The van der Waals surface area contributed by atoms with Gasteiger partial charge in [0.25, 0.3) is 0 Å². The Morgan fingerprint density at radius 2 is 1.71 bits per heavy atom. The van der Waals surface area contributed by atoms with Gasteiger partial charge in [-0.25, -0.2) is 4.79 Å². The van der Waals surface area contributed by atoms with Crippen molar-refractivity contribution in [3.63, 3.8) is 0 Å². The van der Waals surface area contributed by atoms with Gasteiger partial charge in [-0.3, -0.25) is 0 Å². The van der Waals surface area contributed by atoms with Gasteiger partial charge in [0.1, 0.15) is 5.75 Å². The van der Waals surface area contributed by atoms with Gasteiger partial charge in [0, 0.05) is 15.8 Å². The van der Waals surface area contributed by atoms with Crippen LogP contribution in [0, 0.1) is 0 Å². The molecule has 0 unspecified atom stereocenters. The van der Waals surface area contributed by atoms with Crippen LogP contribution in [-0.4, -0.2) is 12.6 Å². The number of alkyl halides is 2. The summed E-state index contributed by atoms with van der Waals surface area (Å²) in [6.45, 7) is -2.87. The first kappa shape index (κ1) is 15.2. The number of carbonyl (C=O) groups is 1. The Hall–Kier alpha value is -2.15. The Bertz CT molecular complexity index is 621. The van der Waals surface area contributed by atoms with E-state index >= 15 is 0 Å². The molecule has 110 valence electrons. The third-order valence-corrected chi connectivity index (χ3v) is 2.91. The van der Waals surface area contributed by atoms with Crippen molar-refractivity contribution in [3.8, 4) is 5.75 Å². The Balaban J connectivity index is 1.93. The highest BCUT2D eigenvalue weighted by molar-refractivity contribution is 9.10. The van der Waals surface area contributed by atoms with Crippen molar-refractivity contribution in [1.82, 2.24) is 0 Å². The maximum atomic E-state index is 12.0. The van der Waals surface area contributed by atoms with Crippen molar-refractivity contribution in [2.24, 2.45) is 0 Å². The Labute approximate surface area is 128 Å². The molecule has 21 heavy (non-hydrogen) atoms. The quantitative estimate of drug-likeness (QED) is 0.834. The predicted octanol–water partition coefficient (Wildman–Crippen LogP) is 4.69. The van der Waals surface area contributed by atoms with E-state index in [1.807, 2.05) is 6.07 Å². The third-order valence-electron chi connectivity index (χ3n) is 2.42. The van der Waals surface area contributed by atoms with Crippen molar-refractivity contribution in [1.29, 1.82) is 0 Å². The van der Waals surface area contributed by atoms with E-state index in [0.29, 0.717) is 11.4 Å². The molecule has 0 aromatic heterocycles. The number of nitrogens with one attached hydrogen (secondary N) is 2. The van der Waals surface area contributed by atoms with Crippen LogP contribution in [0.25, 0.3) is 0 Å². The molecule has 0 spiro atoms. The van der Waals surface area contributed by atoms with E-state index in [4.69, 9.17) is 0 Å². The highest BCUT2D eigenvalue weighted by Gasteiger charge is 2.06. The topological polar surface area (TPSA) is 50.4 Å². The summed E-state index contributed by atoms with van der Waals surface area (Å²) in [5.41, 5.74) is 1.09. The molecule has 0 aliphatic heterocycles. The fourth-order valence-electron chi connectivity index (χ4n) is 1.58. The van der Waals surface area contributed by atoms with Crippen LogP contribution < -0.4 is 15.4 Å². The number of rotatable bonds is 4. The van der Waals surface area contributed by atoms with Gasteiger partial charge < -0.3 is 15.4 Å². The van der Waals surface area contributed by atoms with Gasteiger partial charge in [-0.05, 0) is 42.5 Å². The number of amides is 2. The second-order valence-corrected chi connectivity index (χ2v) is 4.91. The van der Waals surface area contributed by atoms with Crippen LogP contribution in [0.5, 0.6) is 5.75 Å². The third kappa shape index (κ3) is 5.03. The fourth-order valence-corrected chi connectivity index (χ4v) is 1.98. The summed E-state index contributed by atoms with van der Waals surface area (Å²) in [6, 6.07) is 12.3. The van der Waals surface area contributed by atoms with Crippen molar-refractivity contribution in [3.05, 3.63) is 53.0 Å². The average molecular weight is 357 g/mol. The molecule has 0 fully saturated rings. The summed E-state index contributed by atoms with van der Waals surface area (Å²) in [5, 5.41) is 5.23. The molecule has 2 rings (SSSR count). The van der Waals surface area contributed by atoms with Gasteiger partial charge >= 0.3 is 12.6 Å². The monoisotopic (exact) mass is 356 g/mol. The standard InChI is InChI=1S/C14H11BrF2N2O2/c15-9-2-1-3-11(8-9)19-14(20)18-10-4-6-12(7-5-10)21-13(16)17/h1-8,13H,(H2,18,19,20). The van der Waals surface area contributed by atoms with Crippen LogP contribution in [-0.2, 0) is 0 Å². The highest BCUT2D eigenvalue weighted by atomic mass is 79.9. The number of hydrogen-bond donors (Lipinski definition) is 2. The van der Waals surface area contributed by atoms with E-state index in [2.05, 4.69) is 31.3 Å². The second-order valence-electron chi connectivity index (χ2n) is 3.99. The van der Waals surface area contributed by atoms with Crippen molar-refractivity contribution in [2.75, 3.05) is 10.6 Å². The number of ether oxygens (including phenoxy) is 1. The van der Waals surface area contributed by atoms with E-state index in [1.54, 1.807) is 18.2 Å². The normalized spacial score (nSPS) is 10.3. The van der Waals surface area contributed by atoms with Gasteiger partial charge in [0.2, 0.25) is 0 Å². The van der Waals surface area contributed by atoms with E-state index < -0.39 is 12.6 Å². The van der Waals surface area contributed by atoms with Crippen LogP contribution in [0.1, 0.15) is 0 Å². The van der Waals surface area contributed by atoms with Crippen molar-refractivity contribution in [2.45, 2.75) is 6.61 Å². The van der Waals surface area contributed by atoms with E-state index in [9.17, 15) is 13.6 Å². The molecule has 0 saturated heterocycles. The number of benzene rings is 2. The molecule has 0 bridgehead atoms. The molecular weight excluding hydrogens is 346 g/mol. The minimum atomic E-state index is -2.87. The minimum absolute atomic E-state index is 0.0305. The summed E-state index contributed by atoms with van der Waals surface area (Å²) in [7, 11) is 0. The number of hydrogen-bond acceptors (Lipinski definition) is 2. The number of halogens is 3. The van der Waals surface area contributed by atoms with E-state index in [1.165, 1.54) is 24.3 Å². The molecule has 0 atom stereocenters. The first-order chi connectivity index (χ1) is 10.0. The summed E-state index contributed by atoms with van der Waals surface area (Å²) >= 11 is 3.30. The molecule has 0 aliphatic carbocycles. The molecule has 7 heteroatoms. The lowest BCUT2D eigenvalue weighted by Crippen LogP contribution is -2.19. The van der Waals surface area contributed by atoms with Crippen LogP contribution in [0.15, 0.2) is 53.0 Å². The molecule has 0 radical (unpaired) electrons. The molecular formula is C14H11BrF2N2O2. The summed E-state index contributed by atoms with van der Waals surface area (Å²) in [4.78, 5) is 11.8. The predicted molar refractivity (Wildman–Crippen MR) is 79.9 cm³/mol. The zero-order valence-electron chi connectivity index (χ0n) is 10.6. The maximum absolute atomic E-state index is 12.0. The number of anilines is 2. The van der Waals surface area contributed by atoms with Crippen LogP contribution in [0.3, 0.4) is 0 Å². The largest absolute Gasteiger partial charge is 0.435 e. The van der Waals surface area contributed by atoms with Crippen molar-refractivity contribution < 1.29 is 18.3 Å². The molecule has 0 aliphatic rings. The summed E-state index contributed by atoms with van der Waals surface area (Å²) < 4.78 is 29.1. The molecule has 2 aromatic carbocycles. The van der Waals surface area contributed by atoms with Crippen LogP contribution in [0.2, 0.25) is 0 Å². The second kappa shape index (κ2) is 7.03. The first-order valence-electron chi connectivity index (χ1n) is 5.91. The highest BCUT2D eigenvalue weighted by Crippen LogP contribution is 2.19. The lowest BCUT2D eigenvalue weighted by molar-refractivity contribution is -0.0498.